The van der Waals surface area contributed by atoms with Crippen LogP contribution in [-0.4, -0.2) is 63.9 Å². The maximum Gasteiger partial charge on any atom is 0.348 e. The summed E-state index contributed by atoms with van der Waals surface area (Å²) in [5.41, 5.74) is 5.78. The van der Waals surface area contributed by atoms with Crippen molar-refractivity contribution in [3.05, 3.63) is 0 Å². The lowest BCUT2D eigenvalue weighted by Crippen LogP contribution is -2.57. The number of hydrogen-bond donors (Lipinski definition) is 5. The van der Waals surface area contributed by atoms with E-state index in [1.807, 2.05) is 0 Å². The zero-order chi connectivity index (χ0) is 20.7. The molecule has 0 aromatic heterocycles. The Morgan fingerprint density at radius 3 is 2.12 bits per heavy atom. The van der Waals surface area contributed by atoms with Gasteiger partial charge < -0.3 is 26.2 Å². The van der Waals surface area contributed by atoms with Crippen molar-refractivity contribution >= 4 is 25.3 Å². The van der Waals surface area contributed by atoms with Crippen LogP contribution in [-0.2, 0) is 18.9 Å². The van der Waals surface area contributed by atoms with E-state index < -0.39 is 43.2 Å². The Hall–Kier alpha value is -1.32. The Balaban J connectivity index is 5.66. The molecule has 0 spiro atoms. The molecule has 6 N–H and O–H groups in total. The molecule has 0 saturated heterocycles. The molecule has 0 unspecified atom stereocenters. The number of carbonyl (C=O) groups excluding carboxylic acids is 3. The molecule has 0 aliphatic heterocycles. The van der Waals surface area contributed by atoms with Crippen molar-refractivity contribution in [2.24, 2.45) is 11.7 Å². The van der Waals surface area contributed by atoms with Crippen LogP contribution in [0, 0.1) is 5.92 Å². The second kappa shape index (κ2) is 10.7. The Kier molecular flexibility index (Phi) is 10.2. The normalized spacial score (nSPS) is 15.3. The lowest BCUT2D eigenvalue weighted by atomic mass is 10.0. The fourth-order valence-electron chi connectivity index (χ4n) is 2.19. The van der Waals surface area contributed by atoms with Crippen LogP contribution in [0.15, 0.2) is 0 Å². The van der Waals surface area contributed by atoms with Crippen molar-refractivity contribution in [1.29, 1.82) is 0 Å². The average Bonchev–Trinajstić information content (AvgIpc) is 2.52. The first-order chi connectivity index (χ1) is 11.9. The molecule has 152 valence electrons. The molecule has 0 heterocycles. The van der Waals surface area contributed by atoms with Gasteiger partial charge in [-0.3, -0.25) is 23.8 Å². The quantitative estimate of drug-likeness (QED) is 0.305. The molecule has 10 nitrogen and oxygen atoms in total. The van der Waals surface area contributed by atoms with Gasteiger partial charge in [0.1, 0.15) is 11.8 Å². The van der Waals surface area contributed by atoms with E-state index in [2.05, 4.69) is 10.6 Å². The molecular weight excluding hydrogens is 363 g/mol. The van der Waals surface area contributed by atoms with Gasteiger partial charge in [0.15, 0.2) is 0 Å². The van der Waals surface area contributed by atoms with Gasteiger partial charge >= 0.3 is 7.60 Å². The number of nitrogens with two attached hydrogens (primary N) is 1. The van der Waals surface area contributed by atoms with Gasteiger partial charge in [0, 0.05) is 0 Å². The summed E-state index contributed by atoms with van der Waals surface area (Å²) in [5, 5.41) is 5.05. The fourth-order valence-corrected chi connectivity index (χ4v) is 2.73. The molecule has 0 saturated carbocycles. The van der Waals surface area contributed by atoms with Gasteiger partial charge in [-0.1, -0.05) is 27.2 Å². The Bertz CT molecular complexity index is 550. The molecule has 3 atom stereocenters. The van der Waals surface area contributed by atoms with Crippen LogP contribution in [0.3, 0.4) is 0 Å². The first-order valence-corrected chi connectivity index (χ1v) is 10.2. The topological polar surface area (TPSA) is 162 Å². The van der Waals surface area contributed by atoms with Crippen molar-refractivity contribution in [1.82, 2.24) is 15.5 Å². The van der Waals surface area contributed by atoms with Crippen LogP contribution in [0.2, 0.25) is 0 Å². The maximum atomic E-state index is 12.8. The molecule has 3 amide bonds. The Morgan fingerprint density at radius 2 is 1.73 bits per heavy atom. The first-order valence-electron chi connectivity index (χ1n) is 8.50. The number of rotatable bonds is 10. The highest BCUT2D eigenvalue weighted by Gasteiger charge is 2.40. The van der Waals surface area contributed by atoms with Crippen LogP contribution < -0.4 is 16.4 Å². The summed E-state index contributed by atoms with van der Waals surface area (Å²) in [7, 11) is -3.28. The van der Waals surface area contributed by atoms with E-state index in [1.54, 1.807) is 20.8 Å². The summed E-state index contributed by atoms with van der Waals surface area (Å²) in [4.78, 5) is 56.7. The molecule has 0 fully saturated rings. The summed E-state index contributed by atoms with van der Waals surface area (Å²) in [6.45, 7) is 6.09. The Labute approximate surface area is 154 Å². The number of carbonyl (C=O) groups is 3. The van der Waals surface area contributed by atoms with Gasteiger partial charge in [0.25, 0.3) is 5.91 Å². The van der Waals surface area contributed by atoms with Crippen molar-refractivity contribution in [2.75, 3.05) is 13.6 Å². The van der Waals surface area contributed by atoms with Gasteiger partial charge in [-0.15, -0.1) is 0 Å². The molecule has 0 aromatic carbocycles. The van der Waals surface area contributed by atoms with Crippen molar-refractivity contribution < 1.29 is 28.7 Å². The van der Waals surface area contributed by atoms with Gasteiger partial charge in [-0.25, -0.2) is 0 Å². The molecule has 0 bridgehead atoms. The zero-order valence-corrected chi connectivity index (χ0v) is 16.8. The summed E-state index contributed by atoms with van der Waals surface area (Å²) < 4.78 is 11.6. The number of likely N-dealkylation sites (N-methyl/N-ethyl adjacent to an activating group) is 1. The maximum absolute atomic E-state index is 12.8. The van der Waals surface area contributed by atoms with E-state index in [1.165, 1.54) is 7.05 Å². The SMILES string of the molecule is CCC[C@H](NC(=O)[C@@H](N)C(C)C)C(=O)N(C(=O)CNC)[C@@H](C)P(=O)(O)O. The minimum atomic E-state index is -4.75. The molecule has 11 heteroatoms. The van der Waals surface area contributed by atoms with Gasteiger partial charge in [0.2, 0.25) is 11.8 Å². The lowest BCUT2D eigenvalue weighted by molar-refractivity contribution is -0.148. The lowest BCUT2D eigenvalue weighted by Gasteiger charge is -2.32. The number of amides is 3. The summed E-state index contributed by atoms with van der Waals surface area (Å²) in [5.74, 6) is -4.03. The molecule has 0 rings (SSSR count). The second-order valence-corrected chi connectivity index (χ2v) is 8.40. The molecule has 0 radical (unpaired) electrons. The van der Waals surface area contributed by atoms with Crippen LogP contribution in [0.5, 0.6) is 0 Å². The highest BCUT2D eigenvalue weighted by molar-refractivity contribution is 7.52. The van der Waals surface area contributed by atoms with Crippen LogP contribution in [0.25, 0.3) is 0 Å². The molecule has 26 heavy (non-hydrogen) atoms. The molecular formula is C15H31N4O6P. The monoisotopic (exact) mass is 394 g/mol. The highest BCUT2D eigenvalue weighted by atomic mass is 31.2. The average molecular weight is 394 g/mol. The summed E-state index contributed by atoms with van der Waals surface area (Å²) >= 11 is 0. The first kappa shape index (κ1) is 24.7. The molecule has 0 aliphatic rings. The number of imide groups is 1. The predicted octanol–water partition coefficient (Wildman–Crippen LogP) is -0.647. The van der Waals surface area contributed by atoms with E-state index in [4.69, 9.17) is 5.73 Å². The van der Waals surface area contributed by atoms with E-state index in [-0.39, 0.29) is 18.9 Å². The van der Waals surface area contributed by atoms with E-state index in [9.17, 15) is 28.7 Å². The predicted molar refractivity (Wildman–Crippen MR) is 96.9 cm³/mol. The summed E-state index contributed by atoms with van der Waals surface area (Å²) in [6.07, 6.45) is 0.707. The van der Waals surface area contributed by atoms with E-state index in [0.717, 1.165) is 6.92 Å². The van der Waals surface area contributed by atoms with Crippen LogP contribution in [0.4, 0.5) is 0 Å². The Morgan fingerprint density at radius 1 is 1.19 bits per heavy atom. The molecule has 0 aliphatic carbocycles. The highest BCUT2D eigenvalue weighted by Crippen LogP contribution is 2.42. The van der Waals surface area contributed by atoms with Crippen molar-refractivity contribution in [3.8, 4) is 0 Å². The number of nitrogens with zero attached hydrogens (tertiary/aromatic N) is 1. The van der Waals surface area contributed by atoms with Crippen LogP contribution in [0.1, 0.15) is 40.5 Å². The zero-order valence-electron chi connectivity index (χ0n) is 15.9. The fraction of sp³-hybridized carbons (Fsp3) is 0.800. The third-order valence-corrected chi connectivity index (χ3v) is 5.11. The number of nitrogens with one attached hydrogen (secondary N) is 2. The van der Waals surface area contributed by atoms with Crippen molar-refractivity contribution in [2.45, 2.75) is 58.4 Å². The third kappa shape index (κ3) is 7.13. The van der Waals surface area contributed by atoms with Gasteiger partial charge in [0.05, 0.1) is 12.6 Å². The smallest absolute Gasteiger partial charge is 0.343 e. The van der Waals surface area contributed by atoms with Gasteiger partial charge in [-0.2, -0.15) is 0 Å². The van der Waals surface area contributed by atoms with E-state index in [0.29, 0.717) is 11.3 Å². The van der Waals surface area contributed by atoms with Gasteiger partial charge in [-0.05, 0) is 26.3 Å². The largest absolute Gasteiger partial charge is 0.348 e. The van der Waals surface area contributed by atoms with Crippen LogP contribution >= 0.6 is 7.60 Å². The molecule has 0 aromatic rings. The third-order valence-electron chi connectivity index (χ3n) is 3.91. The standard InChI is InChI=1S/C15H31N4O6P/c1-6-7-11(18-14(21)13(16)9(2)3)15(22)19(12(20)8-17-5)10(4)26(23,24)25/h9-11,13,17H,6-8,16H2,1-5H3,(H,18,21)(H2,23,24,25)/t10-,11+,13+/m1/s1. The van der Waals surface area contributed by atoms with E-state index >= 15 is 0 Å². The van der Waals surface area contributed by atoms with Crippen molar-refractivity contribution in [3.63, 3.8) is 0 Å². The summed E-state index contributed by atoms with van der Waals surface area (Å²) in [6, 6.07) is -1.95. The minimum absolute atomic E-state index is 0.163. The number of hydrogen-bond acceptors (Lipinski definition) is 6. The minimum Gasteiger partial charge on any atom is -0.343 e. The second-order valence-electron chi connectivity index (χ2n) is 6.47.